The van der Waals surface area contributed by atoms with Crippen LogP contribution in [0.3, 0.4) is 0 Å². The van der Waals surface area contributed by atoms with Crippen molar-refractivity contribution in [3.8, 4) is 0 Å². The highest BCUT2D eigenvalue weighted by Gasteiger charge is 2.33. The van der Waals surface area contributed by atoms with Gasteiger partial charge in [-0.2, -0.15) is 0 Å². The molecule has 17 heavy (non-hydrogen) atoms. The first-order valence-corrected chi connectivity index (χ1v) is 5.39. The molecule has 7 heteroatoms. The molecule has 1 aromatic rings. The predicted molar refractivity (Wildman–Crippen MR) is 57.4 cm³/mol. The average Bonchev–Trinajstić information content (AvgIpc) is 2.83. The molecule has 2 rings (SSSR count). The molecule has 0 radical (unpaired) electrons. The zero-order chi connectivity index (χ0) is 12.6. The number of carboxylic acids is 1. The highest BCUT2D eigenvalue weighted by molar-refractivity contribution is 5.84. The lowest BCUT2D eigenvalue weighted by Gasteiger charge is -2.13. The van der Waals surface area contributed by atoms with Crippen LogP contribution in [0, 0.1) is 5.92 Å². The molecule has 1 aliphatic heterocycles. The molecule has 0 bridgehead atoms. The quantitative estimate of drug-likeness (QED) is 0.784. The summed E-state index contributed by atoms with van der Waals surface area (Å²) in [7, 11) is 0. The van der Waals surface area contributed by atoms with Gasteiger partial charge < -0.3 is 10.0 Å². The van der Waals surface area contributed by atoms with E-state index in [1.165, 1.54) is 17.8 Å². The molecule has 2 heterocycles. The fraction of sp³-hybridized carbons (Fsp3) is 0.600. The number of aromatic carboxylic acids is 1. The molecule has 0 spiro atoms. The number of carbonyl (C=O) groups excluding carboxylic acids is 1. The summed E-state index contributed by atoms with van der Waals surface area (Å²) in [5.41, 5.74) is -0.0709. The van der Waals surface area contributed by atoms with Gasteiger partial charge in [-0.25, -0.2) is 9.48 Å². The fourth-order valence-corrected chi connectivity index (χ4v) is 2.09. The highest BCUT2D eigenvalue weighted by Crippen LogP contribution is 2.26. The zero-order valence-electron chi connectivity index (χ0n) is 9.70. The minimum Gasteiger partial charge on any atom is -0.476 e. The van der Waals surface area contributed by atoms with Gasteiger partial charge in [0.05, 0.1) is 12.2 Å². The Morgan fingerprint density at radius 3 is 2.65 bits per heavy atom. The Morgan fingerprint density at radius 2 is 2.18 bits per heavy atom. The van der Waals surface area contributed by atoms with Crippen molar-refractivity contribution >= 4 is 11.9 Å². The maximum absolute atomic E-state index is 11.3. The van der Waals surface area contributed by atoms with Crippen LogP contribution in [0.5, 0.6) is 0 Å². The summed E-state index contributed by atoms with van der Waals surface area (Å²) in [6.45, 7) is 4.76. The van der Waals surface area contributed by atoms with E-state index in [2.05, 4.69) is 10.3 Å². The lowest BCUT2D eigenvalue weighted by Crippen LogP contribution is -2.26. The highest BCUT2D eigenvalue weighted by atomic mass is 16.4. The van der Waals surface area contributed by atoms with E-state index >= 15 is 0 Å². The minimum absolute atomic E-state index is 0.000463. The van der Waals surface area contributed by atoms with E-state index in [9.17, 15) is 9.59 Å². The van der Waals surface area contributed by atoms with E-state index in [1.807, 2.05) is 6.92 Å². The van der Waals surface area contributed by atoms with Gasteiger partial charge in [0.1, 0.15) is 0 Å². The number of likely N-dealkylation sites (tertiary alicyclic amines) is 1. The molecule has 1 fully saturated rings. The molecule has 0 aromatic carbocycles. The smallest absolute Gasteiger partial charge is 0.358 e. The first kappa shape index (κ1) is 11.6. The molecule has 92 valence electrons. The van der Waals surface area contributed by atoms with Crippen molar-refractivity contribution in [1.82, 2.24) is 19.9 Å². The fourth-order valence-electron chi connectivity index (χ4n) is 2.09. The summed E-state index contributed by atoms with van der Waals surface area (Å²) < 4.78 is 1.54. The third kappa shape index (κ3) is 2.13. The van der Waals surface area contributed by atoms with Crippen LogP contribution in [-0.4, -0.2) is 50.0 Å². The molecular weight excluding hydrogens is 224 g/mol. The van der Waals surface area contributed by atoms with E-state index in [0.717, 1.165) is 0 Å². The maximum atomic E-state index is 11.3. The van der Waals surface area contributed by atoms with Gasteiger partial charge in [-0.05, 0) is 5.92 Å². The summed E-state index contributed by atoms with van der Waals surface area (Å²) in [4.78, 5) is 23.7. The number of carbonyl (C=O) groups is 2. The normalized spacial score (nSPS) is 24.0. The third-order valence-corrected chi connectivity index (χ3v) is 3.09. The minimum atomic E-state index is -1.09. The number of rotatable bonds is 2. The zero-order valence-corrected chi connectivity index (χ0v) is 9.70. The molecule has 1 saturated heterocycles. The molecule has 0 saturated carbocycles. The number of aromatic nitrogens is 3. The van der Waals surface area contributed by atoms with Crippen molar-refractivity contribution in [2.24, 2.45) is 5.92 Å². The van der Waals surface area contributed by atoms with E-state index in [1.54, 1.807) is 4.90 Å². The number of hydrogen-bond acceptors (Lipinski definition) is 4. The molecule has 0 unspecified atom stereocenters. The second-order valence-electron chi connectivity index (χ2n) is 4.36. The molecule has 1 N–H and O–H groups in total. The molecule has 1 amide bonds. The van der Waals surface area contributed by atoms with Gasteiger partial charge in [0.2, 0.25) is 5.91 Å². The Bertz CT molecular complexity index is 456. The van der Waals surface area contributed by atoms with Crippen molar-refractivity contribution in [2.45, 2.75) is 19.9 Å². The molecule has 7 nitrogen and oxygen atoms in total. The van der Waals surface area contributed by atoms with Crippen LogP contribution in [0.15, 0.2) is 6.20 Å². The second kappa shape index (κ2) is 4.15. The number of hydrogen-bond donors (Lipinski definition) is 1. The number of nitrogens with zero attached hydrogens (tertiary/aromatic N) is 4. The van der Waals surface area contributed by atoms with Crippen molar-refractivity contribution in [3.05, 3.63) is 11.9 Å². The van der Waals surface area contributed by atoms with Gasteiger partial charge in [0.15, 0.2) is 5.69 Å². The Morgan fingerprint density at radius 1 is 1.47 bits per heavy atom. The monoisotopic (exact) mass is 238 g/mol. The average molecular weight is 238 g/mol. The predicted octanol–water partition coefficient (Wildman–Crippen LogP) is 0.0156. The van der Waals surface area contributed by atoms with Gasteiger partial charge in [-0.15, -0.1) is 5.10 Å². The summed E-state index contributed by atoms with van der Waals surface area (Å²) in [6.07, 6.45) is 1.41. The van der Waals surface area contributed by atoms with E-state index in [4.69, 9.17) is 5.11 Å². The summed E-state index contributed by atoms with van der Waals surface area (Å²) in [5, 5.41) is 16.2. The van der Waals surface area contributed by atoms with Gasteiger partial charge in [-0.1, -0.05) is 12.1 Å². The van der Waals surface area contributed by atoms with E-state index < -0.39 is 5.97 Å². The van der Waals surface area contributed by atoms with Crippen LogP contribution >= 0.6 is 0 Å². The Kier molecular flexibility index (Phi) is 2.83. The standard InChI is InChI=1S/C10H14N4O3/c1-6-3-13(7(2)15)5-9(6)14-4-8(10(16)17)11-12-14/h4,6,9H,3,5H2,1-2H3,(H,16,17)/t6-,9-/m1/s1. The van der Waals surface area contributed by atoms with Crippen molar-refractivity contribution in [1.29, 1.82) is 0 Å². The molecule has 1 aromatic heterocycles. The van der Waals surface area contributed by atoms with Gasteiger partial charge in [0.25, 0.3) is 0 Å². The molecular formula is C10H14N4O3. The van der Waals surface area contributed by atoms with Gasteiger partial charge >= 0.3 is 5.97 Å². The van der Waals surface area contributed by atoms with Gasteiger partial charge in [0, 0.05) is 20.0 Å². The van der Waals surface area contributed by atoms with Crippen molar-refractivity contribution < 1.29 is 14.7 Å². The Balaban J connectivity index is 2.17. The number of carboxylic acid groups (broad SMARTS) is 1. The lowest BCUT2D eigenvalue weighted by molar-refractivity contribution is -0.128. The maximum Gasteiger partial charge on any atom is 0.358 e. The van der Waals surface area contributed by atoms with E-state index in [-0.39, 0.29) is 23.6 Å². The molecule has 0 aliphatic carbocycles. The van der Waals surface area contributed by atoms with Crippen LogP contribution in [-0.2, 0) is 4.79 Å². The third-order valence-electron chi connectivity index (χ3n) is 3.09. The van der Waals surface area contributed by atoms with Crippen LogP contribution in [0.25, 0.3) is 0 Å². The topological polar surface area (TPSA) is 88.3 Å². The summed E-state index contributed by atoms with van der Waals surface area (Å²) in [5.74, 6) is -0.828. The first-order chi connectivity index (χ1) is 7.99. The second-order valence-corrected chi connectivity index (χ2v) is 4.36. The first-order valence-electron chi connectivity index (χ1n) is 5.39. The largest absolute Gasteiger partial charge is 0.476 e. The SMILES string of the molecule is CC(=O)N1C[C@@H](C)[C@H](n2cc(C(=O)O)nn2)C1. The lowest BCUT2D eigenvalue weighted by atomic mass is 10.1. The summed E-state index contributed by atoms with van der Waals surface area (Å²) >= 11 is 0. The summed E-state index contributed by atoms with van der Waals surface area (Å²) in [6, 6.07) is -0.000463. The van der Waals surface area contributed by atoms with Crippen LogP contribution < -0.4 is 0 Å². The van der Waals surface area contributed by atoms with E-state index in [0.29, 0.717) is 13.1 Å². The van der Waals surface area contributed by atoms with Crippen LogP contribution in [0.1, 0.15) is 30.4 Å². The number of amides is 1. The Hall–Kier alpha value is -1.92. The van der Waals surface area contributed by atoms with Crippen molar-refractivity contribution in [2.75, 3.05) is 13.1 Å². The Labute approximate surface area is 98.0 Å². The molecule has 1 aliphatic rings. The van der Waals surface area contributed by atoms with Crippen LogP contribution in [0.2, 0.25) is 0 Å². The van der Waals surface area contributed by atoms with Gasteiger partial charge in [-0.3, -0.25) is 4.79 Å². The molecule has 2 atom stereocenters. The van der Waals surface area contributed by atoms with Crippen molar-refractivity contribution in [3.63, 3.8) is 0 Å². The van der Waals surface area contributed by atoms with Crippen LogP contribution in [0.4, 0.5) is 0 Å².